The number of carbonyl (C=O) groups is 1. The summed E-state index contributed by atoms with van der Waals surface area (Å²) in [5, 5.41) is 2.02. The van der Waals surface area contributed by atoms with Crippen molar-refractivity contribution in [2.45, 2.75) is 12.2 Å². The highest BCUT2D eigenvalue weighted by atomic mass is 19.4. The van der Waals surface area contributed by atoms with Crippen LogP contribution in [0.1, 0.15) is 22.0 Å². The highest BCUT2D eigenvalue weighted by Crippen LogP contribution is 2.43. The van der Waals surface area contributed by atoms with Crippen LogP contribution in [0.15, 0.2) is 30.3 Å². The number of rotatable bonds is 6. The number of benzene rings is 2. The number of carbonyl (C=O) groups excluding carboxylic acids is 1. The van der Waals surface area contributed by atoms with Crippen molar-refractivity contribution in [1.29, 1.82) is 0 Å². The third-order valence-corrected chi connectivity index (χ3v) is 4.43. The first-order valence-electron chi connectivity index (χ1n) is 8.85. The lowest BCUT2D eigenvalue weighted by Crippen LogP contribution is -2.38. The third kappa shape index (κ3) is 4.32. The molecule has 0 spiro atoms. The zero-order chi connectivity index (χ0) is 21.9. The average Bonchev–Trinajstić information content (AvgIpc) is 2.74. The van der Waals surface area contributed by atoms with E-state index in [-0.39, 0.29) is 35.0 Å². The monoisotopic (exact) mass is 427 g/mol. The van der Waals surface area contributed by atoms with Gasteiger partial charge in [-0.25, -0.2) is 0 Å². The second-order valence-corrected chi connectivity index (χ2v) is 6.27. The zero-order valence-electron chi connectivity index (χ0n) is 16.5. The van der Waals surface area contributed by atoms with E-state index in [1.165, 1.54) is 39.5 Å². The van der Waals surface area contributed by atoms with Gasteiger partial charge in [0, 0.05) is 5.56 Å². The summed E-state index contributed by atoms with van der Waals surface area (Å²) in [5.74, 6) is 0.00953. The van der Waals surface area contributed by atoms with E-state index in [9.17, 15) is 18.0 Å². The summed E-state index contributed by atoms with van der Waals surface area (Å²) in [6.45, 7) is 0.643. The number of methoxy groups -OCH3 is 3. The SMILES string of the molecule is COc1cc([C@@H](NC(=O)c2ccc3c(c2)OCCO3)C(F)(F)F)cc(OC)c1OC. The van der Waals surface area contributed by atoms with Crippen LogP contribution in [0.2, 0.25) is 0 Å². The van der Waals surface area contributed by atoms with Gasteiger partial charge in [0.05, 0.1) is 21.3 Å². The van der Waals surface area contributed by atoms with Crippen LogP contribution >= 0.6 is 0 Å². The molecule has 1 heterocycles. The molecule has 1 aliphatic rings. The van der Waals surface area contributed by atoms with Crippen LogP contribution in [-0.2, 0) is 0 Å². The van der Waals surface area contributed by atoms with E-state index in [1.54, 1.807) is 0 Å². The van der Waals surface area contributed by atoms with Gasteiger partial charge in [-0.15, -0.1) is 0 Å². The van der Waals surface area contributed by atoms with Crippen molar-refractivity contribution in [1.82, 2.24) is 5.32 Å². The summed E-state index contributed by atoms with van der Waals surface area (Å²) in [4.78, 5) is 12.6. The van der Waals surface area contributed by atoms with Gasteiger partial charge in [-0.05, 0) is 35.9 Å². The molecule has 1 aliphatic heterocycles. The normalized spacial score (nSPS) is 13.9. The minimum absolute atomic E-state index is 0.000872. The number of hydrogen-bond acceptors (Lipinski definition) is 6. The number of ether oxygens (including phenoxy) is 5. The lowest BCUT2D eigenvalue weighted by molar-refractivity contribution is -0.155. The Hall–Kier alpha value is -3.30. The Kier molecular flexibility index (Phi) is 6.14. The van der Waals surface area contributed by atoms with E-state index in [4.69, 9.17) is 23.7 Å². The minimum Gasteiger partial charge on any atom is -0.493 e. The van der Waals surface area contributed by atoms with Crippen molar-refractivity contribution < 1.29 is 41.7 Å². The zero-order valence-corrected chi connectivity index (χ0v) is 16.5. The van der Waals surface area contributed by atoms with Crippen molar-refractivity contribution in [2.24, 2.45) is 0 Å². The van der Waals surface area contributed by atoms with Crippen molar-refractivity contribution in [2.75, 3.05) is 34.5 Å². The lowest BCUT2D eigenvalue weighted by Gasteiger charge is -2.24. The molecule has 30 heavy (non-hydrogen) atoms. The fourth-order valence-electron chi connectivity index (χ4n) is 3.02. The van der Waals surface area contributed by atoms with E-state index in [2.05, 4.69) is 0 Å². The van der Waals surface area contributed by atoms with Gasteiger partial charge in [0.2, 0.25) is 5.75 Å². The van der Waals surface area contributed by atoms with E-state index in [0.717, 1.165) is 12.1 Å². The number of halogens is 3. The van der Waals surface area contributed by atoms with Crippen molar-refractivity contribution in [3.05, 3.63) is 41.5 Å². The predicted molar refractivity (Wildman–Crippen MR) is 99.8 cm³/mol. The Bertz CT molecular complexity index is 906. The summed E-state index contributed by atoms with van der Waals surface area (Å²) < 4.78 is 67.6. The standard InChI is InChI=1S/C20H20F3NO6/c1-26-15-9-12(10-16(27-2)17(15)28-3)18(20(21,22)23)24-19(25)11-4-5-13-14(8-11)30-7-6-29-13/h4-5,8-10,18H,6-7H2,1-3H3,(H,24,25)/t18-/m1/s1. The maximum Gasteiger partial charge on any atom is 0.412 e. The van der Waals surface area contributed by atoms with Crippen LogP contribution in [0.4, 0.5) is 13.2 Å². The molecule has 0 fully saturated rings. The molecule has 1 amide bonds. The number of nitrogens with one attached hydrogen (secondary N) is 1. The molecule has 10 heteroatoms. The maximum atomic E-state index is 13.8. The number of hydrogen-bond donors (Lipinski definition) is 1. The van der Waals surface area contributed by atoms with Gasteiger partial charge in [-0.3, -0.25) is 4.79 Å². The van der Waals surface area contributed by atoms with Gasteiger partial charge in [-0.1, -0.05) is 0 Å². The van der Waals surface area contributed by atoms with Crippen molar-refractivity contribution in [3.8, 4) is 28.7 Å². The van der Waals surface area contributed by atoms with Crippen LogP contribution in [-0.4, -0.2) is 46.6 Å². The van der Waals surface area contributed by atoms with Gasteiger partial charge < -0.3 is 29.0 Å². The summed E-state index contributed by atoms with van der Waals surface area (Å²) >= 11 is 0. The summed E-state index contributed by atoms with van der Waals surface area (Å²) in [7, 11) is 3.92. The summed E-state index contributed by atoms with van der Waals surface area (Å²) in [6, 6.07) is 4.16. The van der Waals surface area contributed by atoms with Crippen LogP contribution in [0.25, 0.3) is 0 Å². The highest BCUT2D eigenvalue weighted by molar-refractivity contribution is 5.95. The molecular weight excluding hydrogens is 407 g/mol. The first-order chi connectivity index (χ1) is 14.3. The first-order valence-corrected chi connectivity index (χ1v) is 8.85. The van der Waals surface area contributed by atoms with Crippen LogP contribution in [0, 0.1) is 0 Å². The average molecular weight is 427 g/mol. The van der Waals surface area contributed by atoms with Gasteiger partial charge in [0.25, 0.3) is 5.91 Å². The molecule has 0 radical (unpaired) electrons. The largest absolute Gasteiger partial charge is 0.493 e. The van der Waals surface area contributed by atoms with Crippen molar-refractivity contribution in [3.63, 3.8) is 0 Å². The highest BCUT2D eigenvalue weighted by Gasteiger charge is 2.43. The molecule has 0 aromatic heterocycles. The van der Waals surface area contributed by atoms with Crippen LogP contribution in [0.3, 0.4) is 0 Å². The number of alkyl halides is 3. The summed E-state index contributed by atoms with van der Waals surface area (Å²) in [6.07, 6.45) is -4.78. The number of fused-ring (bicyclic) bond motifs is 1. The smallest absolute Gasteiger partial charge is 0.412 e. The van der Waals surface area contributed by atoms with E-state index in [1.807, 2.05) is 5.32 Å². The Balaban J connectivity index is 1.95. The molecule has 0 bridgehead atoms. The van der Waals surface area contributed by atoms with Gasteiger partial charge in [0.1, 0.15) is 13.2 Å². The van der Waals surface area contributed by atoms with Crippen LogP contribution in [0.5, 0.6) is 28.7 Å². The fraction of sp³-hybridized carbons (Fsp3) is 0.350. The Morgan fingerprint density at radius 1 is 0.967 bits per heavy atom. The predicted octanol–water partition coefficient (Wildman–Crippen LogP) is 3.52. The summed E-state index contributed by atoms with van der Waals surface area (Å²) in [5.41, 5.74) is -0.274. The van der Waals surface area contributed by atoms with E-state index >= 15 is 0 Å². The topological polar surface area (TPSA) is 75.3 Å². The third-order valence-electron chi connectivity index (χ3n) is 4.43. The Morgan fingerprint density at radius 2 is 1.57 bits per heavy atom. The van der Waals surface area contributed by atoms with Gasteiger partial charge >= 0.3 is 6.18 Å². The minimum atomic E-state index is -4.78. The quantitative estimate of drug-likeness (QED) is 0.761. The van der Waals surface area contributed by atoms with E-state index < -0.39 is 18.1 Å². The maximum absolute atomic E-state index is 13.8. The van der Waals surface area contributed by atoms with Gasteiger partial charge in [0.15, 0.2) is 29.0 Å². The molecule has 0 saturated heterocycles. The molecule has 1 N–H and O–H groups in total. The molecule has 7 nitrogen and oxygen atoms in total. The lowest BCUT2D eigenvalue weighted by atomic mass is 10.0. The van der Waals surface area contributed by atoms with Crippen LogP contribution < -0.4 is 29.0 Å². The fourth-order valence-corrected chi connectivity index (χ4v) is 3.02. The van der Waals surface area contributed by atoms with Crippen molar-refractivity contribution >= 4 is 5.91 Å². The molecule has 1 atom stereocenters. The molecule has 3 rings (SSSR count). The Labute approximate surface area is 170 Å². The first kappa shape index (κ1) is 21.4. The molecule has 2 aromatic rings. The Morgan fingerprint density at radius 3 is 2.10 bits per heavy atom. The molecule has 162 valence electrons. The van der Waals surface area contributed by atoms with Gasteiger partial charge in [-0.2, -0.15) is 13.2 Å². The molecule has 0 aliphatic carbocycles. The molecule has 0 saturated carbocycles. The second-order valence-electron chi connectivity index (χ2n) is 6.27. The van der Waals surface area contributed by atoms with E-state index in [0.29, 0.717) is 18.1 Å². The number of amides is 1. The molecular formula is C20H20F3NO6. The second kappa shape index (κ2) is 8.60. The molecule has 0 unspecified atom stereocenters. The molecule has 2 aromatic carbocycles.